The van der Waals surface area contributed by atoms with Gasteiger partial charge in [-0.05, 0) is 6.92 Å². The molecule has 1 fully saturated rings. The van der Waals surface area contributed by atoms with Crippen LogP contribution in [0.15, 0.2) is 0 Å². The number of methoxy groups -OCH3 is 1. The maximum absolute atomic E-state index is 5.28. The lowest BCUT2D eigenvalue weighted by atomic mass is 10.3. The van der Waals surface area contributed by atoms with Crippen LogP contribution in [0.4, 0.5) is 0 Å². The third-order valence-electron chi connectivity index (χ3n) is 2.44. The van der Waals surface area contributed by atoms with E-state index in [0.29, 0.717) is 6.04 Å². The Morgan fingerprint density at radius 1 is 1.43 bits per heavy atom. The molecule has 0 amide bonds. The van der Waals surface area contributed by atoms with Crippen LogP contribution >= 0.6 is 0 Å². The Kier molecular flexibility index (Phi) is 6.10. The van der Waals surface area contributed by atoms with Gasteiger partial charge in [-0.1, -0.05) is 0 Å². The van der Waals surface area contributed by atoms with Gasteiger partial charge in [-0.2, -0.15) is 0 Å². The molecule has 0 radical (unpaired) electrons. The normalized spacial score (nSPS) is 21.0. The summed E-state index contributed by atoms with van der Waals surface area (Å²) >= 11 is 0. The zero-order valence-electron chi connectivity index (χ0n) is 9.29. The summed E-state index contributed by atoms with van der Waals surface area (Å²) in [5.74, 6) is 0. The predicted molar refractivity (Wildman–Crippen MR) is 56.6 cm³/mol. The van der Waals surface area contributed by atoms with Gasteiger partial charge in [0.05, 0.1) is 19.8 Å². The molecular formula is C10H22N2O2. The minimum absolute atomic E-state index is 0.445. The van der Waals surface area contributed by atoms with Gasteiger partial charge in [0.2, 0.25) is 0 Å². The molecule has 0 bridgehead atoms. The molecule has 4 nitrogen and oxygen atoms in total. The summed E-state index contributed by atoms with van der Waals surface area (Å²) in [4.78, 5) is 2.43. The van der Waals surface area contributed by atoms with Crippen molar-refractivity contribution >= 4 is 0 Å². The Labute approximate surface area is 86.6 Å². The SMILES string of the molecule is COCC(C)NCCN1CCOCC1. The lowest BCUT2D eigenvalue weighted by molar-refractivity contribution is 0.0378. The standard InChI is InChI=1S/C10H22N2O2/c1-10(9-13-2)11-3-4-12-5-7-14-8-6-12/h10-11H,3-9H2,1-2H3. The molecule has 1 aliphatic rings. The van der Waals surface area contributed by atoms with Gasteiger partial charge in [0.1, 0.15) is 0 Å². The van der Waals surface area contributed by atoms with Crippen LogP contribution in [0.1, 0.15) is 6.92 Å². The first-order chi connectivity index (χ1) is 6.83. The minimum Gasteiger partial charge on any atom is -0.383 e. The minimum atomic E-state index is 0.445. The van der Waals surface area contributed by atoms with E-state index in [-0.39, 0.29) is 0 Å². The van der Waals surface area contributed by atoms with E-state index in [1.54, 1.807) is 7.11 Å². The highest BCUT2D eigenvalue weighted by molar-refractivity contribution is 4.65. The highest BCUT2D eigenvalue weighted by Gasteiger charge is 2.09. The molecule has 0 aromatic heterocycles. The van der Waals surface area contributed by atoms with Crippen LogP contribution in [0.2, 0.25) is 0 Å². The molecule has 1 aliphatic heterocycles. The Hall–Kier alpha value is -0.160. The lowest BCUT2D eigenvalue weighted by Gasteiger charge is -2.27. The van der Waals surface area contributed by atoms with Crippen molar-refractivity contribution < 1.29 is 9.47 Å². The topological polar surface area (TPSA) is 33.7 Å². The van der Waals surface area contributed by atoms with Crippen molar-refractivity contribution in [1.29, 1.82) is 0 Å². The summed E-state index contributed by atoms with van der Waals surface area (Å²) in [6.45, 7) is 8.97. The molecule has 0 aromatic carbocycles. The molecule has 1 N–H and O–H groups in total. The zero-order valence-corrected chi connectivity index (χ0v) is 9.29. The maximum atomic E-state index is 5.28. The number of ether oxygens (including phenoxy) is 2. The Morgan fingerprint density at radius 2 is 2.14 bits per heavy atom. The third kappa shape index (κ3) is 4.91. The fourth-order valence-corrected chi connectivity index (χ4v) is 1.60. The molecule has 84 valence electrons. The first-order valence-electron chi connectivity index (χ1n) is 5.35. The number of nitrogens with zero attached hydrogens (tertiary/aromatic N) is 1. The molecule has 1 heterocycles. The second-order valence-electron chi connectivity index (χ2n) is 3.76. The molecule has 4 heteroatoms. The van der Waals surface area contributed by atoms with Crippen LogP contribution < -0.4 is 5.32 Å². The van der Waals surface area contributed by atoms with Gasteiger partial charge in [-0.3, -0.25) is 4.90 Å². The van der Waals surface area contributed by atoms with E-state index >= 15 is 0 Å². The third-order valence-corrected chi connectivity index (χ3v) is 2.44. The van der Waals surface area contributed by atoms with Gasteiger partial charge in [0.15, 0.2) is 0 Å². The summed E-state index contributed by atoms with van der Waals surface area (Å²) in [6.07, 6.45) is 0. The molecule has 0 aromatic rings. The van der Waals surface area contributed by atoms with E-state index in [1.165, 1.54) is 0 Å². The van der Waals surface area contributed by atoms with E-state index < -0.39 is 0 Å². The largest absolute Gasteiger partial charge is 0.383 e. The predicted octanol–water partition coefficient (Wildman–Crippen LogP) is -0.0569. The Morgan fingerprint density at radius 3 is 2.79 bits per heavy atom. The Balaban J connectivity index is 1.96. The van der Waals surface area contributed by atoms with Crippen LogP contribution in [0, 0.1) is 0 Å². The van der Waals surface area contributed by atoms with E-state index in [4.69, 9.17) is 9.47 Å². The molecule has 0 spiro atoms. The van der Waals surface area contributed by atoms with Gasteiger partial charge in [0.25, 0.3) is 0 Å². The number of morpholine rings is 1. The fraction of sp³-hybridized carbons (Fsp3) is 1.00. The van der Waals surface area contributed by atoms with E-state index in [2.05, 4.69) is 17.1 Å². The monoisotopic (exact) mass is 202 g/mol. The van der Waals surface area contributed by atoms with Gasteiger partial charge in [-0.15, -0.1) is 0 Å². The number of hydrogen-bond acceptors (Lipinski definition) is 4. The van der Waals surface area contributed by atoms with Crippen molar-refractivity contribution in [3.63, 3.8) is 0 Å². The quantitative estimate of drug-likeness (QED) is 0.654. The summed E-state index contributed by atoms with van der Waals surface area (Å²) in [6, 6.07) is 0.445. The smallest absolute Gasteiger partial charge is 0.0613 e. The van der Waals surface area contributed by atoms with Gasteiger partial charge < -0.3 is 14.8 Å². The van der Waals surface area contributed by atoms with Crippen LogP contribution in [-0.2, 0) is 9.47 Å². The second kappa shape index (κ2) is 7.17. The average molecular weight is 202 g/mol. The molecule has 1 saturated heterocycles. The summed E-state index contributed by atoms with van der Waals surface area (Å²) in [7, 11) is 1.74. The van der Waals surface area contributed by atoms with Crippen molar-refractivity contribution in [2.75, 3.05) is 53.1 Å². The highest BCUT2D eigenvalue weighted by atomic mass is 16.5. The molecule has 1 unspecified atom stereocenters. The van der Waals surface area contributed by atoms with Crippen molar-refractivity contribution in [3.8, 4) is 0 Å². The molecule has 14 heavy (non-hydrogen) atoms. The highest BCUT2D eigenvalue weighted by Crippen LogP contribution is 1.95. The average Bonchev–Trinajstić information content (AvgIpc) is 2.20. The zero-order chi connectivity index (χ0) is 10.2. The second-order valence-corrected chi connectivity index (χ2v) is 3.76. The molecule has 1 rings (SSSR count). The summed E-state index contributed by atoms with van der Waals surface area (Å²) < 4.78 is 10.3. The van der Waals surface area contributed by atoms with Crippen LogP contribution in [0.5, 0.6) is 0 Å². The summed E-state index contributed by atoms with van der Waals surface area (Å²) in [5.41, 5.74) is 0. The molecule has 0 aliphatic carbocycles. The van der Waals surface area contributed by atoms with Crippen molar-refractivity contribution in [3.05, 3.63) is 0 Å². The van der Waals surface area contributed by atoms with Crippen molar-refractivity contribution in [1.82, 2.24) is 10.2 Å². The van der Waals surface area contributed by atoms with E-state index in [1.807, 2.05) is 0 Å². The van der Waals surface area contributed by atoms with Crippen molar-refractivity contribution in [2.45, 2.75) is 13.0 Å². The van der Waals surface area contributed by atoms with Crippen LogP contribution in [0.25, 0.3) is 0 Å². The van der Waals surface area contributed by atoms with Crippen LogP contribution in [-0.4, -0.2) is 64.1 Å². The number of hydrogen-bond donors (Lipinski definition) is 1. The molecular weight excluding hydrogens is 180 g/mol. The van der Waals surface area contributed by atoms with Gasteiger partial charge in [-0.25, -0.2) is 0 Å². The van der Waals surface area contributed by atoms with E-state index in [0.717, 1.165) is 46.0 Å². The maximum Gasteiger partial charge on any atom is 0.0613 e. The summed E-state index contributed by atoms with van der Waals surface area (Å²) in [5, 5.41) is 3.42. The van der Waals surface area contributed by atoms with Crippen LogP contribution in [0.3, 0.4) is 0 Å². The molecule has 1 atom stereocenters. The molecule has 0 saturated carbocycles. The van der Waals surface area contributed by atoms with E-state index in [9.17, 15) is 0 Å². The van der Waals surface area contributed by atoms with Gasteiger partial charge in [0, 0.05) is 39.3 Å². The van der Waals surface area contributed by atoms with Gasteiger partial charge >= 0.3 is 0 Å². The fourth-order valence-electron chi connectivity index (χ4n) is 1.60. The number of nitrogens with one attached hydrogen (secondary N) is 1. The lowest BCUT2D eigenvalue weighted by Crippen LogP contribution is -2.42. The Bertz CT molecular complexity index is 138. The number of rotatable bonds is 6. The first-order valence-corrected chi connectivity index (χ1v) is 5.35. The first kappa shape index (κ1) is 11.9. The van der Waals surface area contributed by atoms with Crippen molar-refractivity contribution in [2.24, 2.45) is 0 Å².